The summed E-state index contributed by atoms with van der Waals surface area (Å²) in [5.74, 6) is 0. The zero-order chi connectivity index (χ0) is 12.8. The van der Waals surface area contributed by atoms with Crippen molar-refractivity contribution in [2.75, 3.05) is 6.54 Å². The number of pyridine rings is 1. The Morgan fingerprint density at radius 2 is 2.28 bits per heavy atom. The molecule has 0 aliphatic rings. The van der Waals surface area contributed by atoms with E-state index in [2.05, 4.69) is 30.2 Å². The molecule has 0 spiro atoms. The van der Waals surface area contributed by atoms with Crippen LogP contribution < -0.4 is 5.32 Å². The van der Waals surface area contributed by atoms with Gasteiger partial charge in [-0.3, -0.25) is 4.98 Å². The summed E-state index contributed by atoms with van der Waals surface area (Å²) in [5.41, 5.74) is 3.57. The highest BCUT2D eigenvalue weighted by Gasteiger charge is 2.14. The molecule has 96 valence electrons. The molecule has 1 atom stereocenters. The van der Waals surface area contributed by atoms with E-state index in [-0.39, 0.29) is 6.04 Å². The molecular weight excluding hydrogens is 224 g/mol. The van der Waals surface area contributed by atoms with Crippen LogP contribution in [-0.4, -0.2) is 11.5 Å². The van der Waals surface area contributed by atoms with Crippen molar-refractivity contribution >= 4 is 0 Å². The third-order valence-corrected chi connectivity index (χ3v) is 3.10. The van der Waals surface area contributed by atoms with E-state index < -0.39 is 0 Å². The molecule has 0 aliphatic carbocycles. The molecule has 0 aromatic carbocycles. The van der Waals surface area contributed by atoms with Gasteiger partial charge in [-0.25, -0.2) is 0 Å². The van der Waals surface area contributed by atoms with Crippen molar-refractivity contribution in [3.8, 4) is 0 Å². The first-order valence-electron chi connectivity index (χ1n) is 6.47. The highest BCUT2D eigenvalue weighted by Crippen LogP contribution is 2.19. The minimum Gasteiger partial charge on any atom is -0.472 e. The lowest BCUT2D eigenvalue weighted by Crippen LogP contribution is -2.24. The molecule has 1 N–H and O–H groups in total. The summed E-state index contributed by atoms with van der Waals surface area (Å²) in [4.78, 5) is 4.47. The highest BCUT2D eigenvalue weighted by molar-refractivity contribution is 5.22. The van der Waals surface area contributed by atoms with Crippen LogP contribution in [0.15, 0.2) is 41.3 Å². The largest absolute Gasteiger partial charge is 0.472 e. The van der Waals surface area contributed by atoms with E-state index in [1.54, 1.807) is 6.26 Å². The lowest BCUT2D eigenvalue weighted by molar-refractivity contribution is 0.508. The number of nitrogens with one attached hydrogen (secondary N) is 1. The fraction of sp³-hybridized carbons (Fsp3) is 0.400. The van der Waals surface area contributed by atoms with Gasteiger partial charge in [-0.05, 0) is 37.6 Å². The van der Waals surface area contributed by atoms with Gasteiger partial charge in [-0.15, -0.1) is 0 Å². The molecule has 1 unspecified atom stereocenters. The molecule has 2 heterocycles. The standard InChI is InChI=1S/C15H20N2O/c1-3-7-16-15(13-6-9-18-11-13)10-14-12(2)5-4-8-17-14/h4-6,8-9,11,15-16H,3,7,10H2,1-2H3. The number of nitrogens with zero attached hydrogens (tertiary/aromatic N) is 1. The molecule has 3 nitrogen and oxygen atoms in total. The van der Waals surface area contributed by atoms with Crippen LogP contribution in [0.1, 0.15) is 36.2 Å². The minimum atomic E-state index is 0.275. The van der Waals surface area contributed by atoms with E-state index in [1.807, 2.05) is 24.6 Å². The van der Waals surface area contributed by atoms with Crippen molar-refractivity contribution < 1.29 is 4.42 Å². The third-order valence-electron chi connectivity index (χ3n) is 3.10. The maximum absolute atomic E-state index is 5.18. The van der Waals surface area contributed by atoms with Crippen molar-refractivity contribution in [3.63, 3.8) is 0 Å². The highest BCUT2D eigenvalue weighted by atomic mass is 16.3. The quantitative estimate of drug-likeness (QED) is 0.847. The van der Waals surface area contributed by atoms with Crippen LogP contribution in [0.3, 0.4) is 0 Å². The fourth-order valence-electron chi connectivity index (χ4n) is 2.03. The second-order valence-corrected chi connectivity index (χ2v) is 4.53. The Bertz CT molecular complexity index is 465. The first-order valence-corrected chi connectivity index (χ1v) is 6.47. The average molecular weight is 244 g/mol. The minimum absolute atomic E-state index is 0.275. The van der Waals surface area contributed by atoms with E-state index in [9.17, 15) is 0 Å². The Morgan fingerprint density at radius 3 is 2.94 bits per heavy atom. The molecule has 0 saturated carbocycles. The molecule has 0 bridgehead atoms. The molecule has 0 aliphatic heterocycles. The number of hydrogen-bond donors (Lipinski definition) is 1. The SMILES string of the molecule is CCCNC(Cc1ncccc1C)c1ccoc1. The molecule has 18 heavy (non-hydrogen) atoms. The molecule has 0 saturated heterocycles. The number of aromatic nitrogens is 1. The predicted molar refractivity (Wildman–Crippen MR) is 72.4 cm³/mol. The van der Waals surface area contributed by atoms with Crippen LogP contribution in [0.25, 0.3) is 0 Å². The Balaban J connectivity index is 2.13. The van der Waals surface area contributed by atoms with Gasteiger partial charge in [0.15, 0.2) is 0 Å². The average Bonchev–Trinajstić information content (AvgIpc) is 2.90. The molecule has 3 heteroatoms. The Hall–Kier alpha value is -1.61. The van der Waals surface area contributed by atoms with Crippen molar-refractivity contribution in [2.45, 2.75) is 32.7 Å². The van der Waals surface area contributed by atoms with Gasteiger partial charge in [0.05, 0.1) is 12.5 Å². The normalized spacial score (nSPS) is 12.6. The van der Waals surface area contributed by atoms with Gasteiger partial charge >= 0.3 is 0 Å². The van der Waals surface area contributed by atoms with E-state index in [4.69, 9.17) is 4.42 Å². The lowest BCUT2D eigenvalue weighted by Gasteiger charge is -2.17. The van der Waals surface area contributed by atoms with Crippen molar-refractivity contribution in [1.29, 1.82) is 0 Å². The second kappa shape index (κ2) is 6.36. The summed E-state index contributed by atoms with van der Waals surface area (Å²) in [6.45, 7) is 5.28. The zero-order valence-electron chi connectivity index (χ0n) is 11.0. The van der Waals surface area contributed by atoms with Crippen LogP contribution in [-0.2, 0) is 6.42 Å². The van der Waals surface area contributed by atoms with Crippen molar-refractivity contribution in [1.82, 2.24) is 10.3 Å². The zero-order valence-corrected chi connectivity index (χ0v) is 11.0. The van der Waals surface area contributed by atoms with Crippen molar-refractivity contribution in [3.05, 3.63) is 53.7 Å². The molecule has 0 fully saturated rings. The van der Waals surface area contributed by atoms with Crippen molar-refractivity contribution in [2.24, 2.45) is 0 Å². The van der Waals surface area contributed by atoms with Gasteiger partial charge in [0.1, 0.15) is 0 Å². The van der Waals surface area contributed by atoms with Crippen LogP contribution in [0.2, 0.25) is 0 Å². The van der Waals surface area contributed by atoms with Gasteiger partial charge in [-0.2, -0.15) is 0 Å². The smallest absolute Gasteiger partial charge is 0.0950 e. The number of rotatable bonds is 6. The summed E-state index contributed by atoms with van der Waals surface area (Å²) in [5, 5.41) is 3.55. The maximum Gasteiger partial charge on any atom is 0.0950 e. The lowest BCUT2D eigenvalue weighted by atomic mass is 10.0. The van der Waals surface area contributed by atoms with E-state index >= 15 is 0 Å². The Labute approximate surface area is 108 Å². The predicted octanol–water partition coefficient (Wildman–Crippen LogP) is 3.27. The molecule has 2 rings (SSSR count). The number of aryl methyl sites for hydroxylation is 1. The summed E-state index contributed by atoms with van der Waals surface area (Å²) in [6, 6.07) is 6.38. The third kappa shape index (κ3) is 3.20. The van der Waals surface area contributed by atoms with Gasteiger partial charge in [0.25, 0.3) is 0 Å². The molecule has 2 aromatic heterocycles. The van der Waals surface area contributed by atoms with E-state index in [1.165, 1.54) is 11.1 Å². The monoisotopic (exact) mass is 244 g/mol. The van der Waals surface area contributed by atoms with Gasteiger partial charge in [0.2, 0.25) is 0 Å². The summed E-state index contributed by atoms with van der Waals surface area (Å²) >= 11 is 0. The first kappa shape index (κ1) is 12.8. The summed E-state index contributed by atoms with van der Waals surface area (Å²) in [7, 11) is 0. The van der Waals surface area contributed by atoms with E-state index in [0.717, 1.165) is 25.1 Å². The van der Waals surface area contributed by atoms with Gasteiger partial charge in [-0.1, -0.05) is 13.0 Å². The molecule has 0 radical (unpaired) electrons. The van der Waals surface area contributed by atoms with E-state index in [0.29, 0.717) is 0 Å². The Kier molecular flexibility index (Phi) is 4.53. The fourth-order valence-corrected chi connectivity index (χ4v) is 2.03. The second-order valence-electron chi connectivity index (χ2n) is 4.53. The van der Waals surface area contributed by atoms with Gasteiger partial charge in [0, 0.05) is 29.9 Å². The summed E-state index contributed by atoms with van der Waals surface area (Å²) in [6.07, 6.45) is 7.41. The molecule has 2 aromatic rings. The first-order chi connectivity index (χ1) is 8.81. The van der Waals surface area contributed by atoms with Crippen LogP contribution in [0.5, 0.6) is 0 Å². The Morgan fingerprint density at radius 1 is 1.39 bits per heavy atom. The summed E-state index contributed by atoms with van der Waals surface area (Å²) < 4.78 is 5.18. The molecular formula is C15H20N2O. The molecule has 0 amide bonds. The number of furan rings is 1. The topological polar surface area (TPSA) is 38.1 Å². The number of hydrogen-bond acceptors (Lipinski definition) is 3. The van der Waals surface area contributed by atoms with Gasteiger partial charge < -0.3 is 9.73 Å². The maximum atomic E-state index is 5.18. The van der Waals surface area contributed by atoms with Crippen LogP contribution >= 0.6 is 0 Å². The van der Waals surface area contributed by atoms with Crippen LogP contribution in [0, 0.1) is 6.92 Å². The van der Waals surface area contributed by atoms with Crippen LogP contribution in [0.4, 0.5) is 0 Å².